The van der Waals surface area contributed by atoms with Crippen LogP contribution in [-0.4, -0.2) is 32.4 Å². The molecule has 2 aromatic carbocycles. The molecule has 4 rings (SSSR count). The van der Waals surface area contributed by atoms with Gasteiger partial charge in [0.2, 0.25) is 0 Å². The predicted molar refractivity (Wildman–Crippen MR) is 120 cm³/mol. The molecule has 0 aliphatic carbocycles. The molecule has 1 aliphatic heterocycles. The summed E-state index contributed by atoms with van der Waals surface area (Å²) in [6.07, 6.45) is 4.02. The molecule has 10 heteroatoms. The molecule has 1 fully saturated rings. The number of carbonyl (C=O) groups excluding carboxylic acids is 1. The van der Waals surface area contributed by atoms with Crippen molar-refractivity contribution in [3.05, 3.63) is 83.6 Å². The zero-order chi connectivity index (χ0) is 23.4. The Bertz CT molecular complexity index is 1260. The minimum atomic E-state index is -4.11. The van der Waals surface area contributed by atoms with E-state index in [1.54, 1.807) is 6.20 Å². The monoisotopic (exact) mass is 472 g/mol. The third kappa shape index (κ3) is 5.46. The summed E-state index contributed by atoms with van der Waals surface area (Å²) in [5.74, 6) is -1.81. The Morgan fingerprint density at radius 2 is 1.70 bits per heavy atom. The molecule has 2 heterocycles. The summed E-state index contributed by atoms with van der Waals surface area (Å²) in [5.41, 5.74) is 1.46. The van der Waals surface area contributed by atoms with Crippen molar-refractivity contribution >= 4 is 27.4 Å². The third-order valence-electron chi connectivity index (χ3n) is 5.29. The lowest BCUT2D eigenvalue weighted by Gasteiger charge is -2.17. The third-order valence-corrected chi connectivity index (χ3v) is 6.67. The zero-order valence-electron chi connectivity index (χ0n) is 17.6. The van der Waals surface area contributed by atoms with E-state index in [-0.39, 0.29) is 11.6 Å². The molecule has 33 heavy (non-hydrogen) atoms. The van der Waals surface area contributed by atoms with Crippen LogP contribution < -0.4 is 14.9 Å². The first-order valence-electron chi connectivity index (χ1n) is 10.4. The van der Waals surface area contributed by atoms with Crippen LogP contribution in [0.5, 0.6) is 0 Å². The number of carbonyl (C=O) groups is 1. The Balaban J connectivity index is 1.37. The van der Waals surface area contributed by atoms with E-state index < -0.39 is 26.6 Å². The number of hydrogen-bond acceptors (Lipinski definition) is 5. The molecule has 1 saturated heterocycles. The summed E-state index contributed by atoms with van der Waals surface area (Å²) >= 11 is 0. The number of anilines is 2. The van der Waals surface area contributed by atoms with E-state index in [9.17, 15) is 22.0 Å². The topological polar surface area (TPSA) is 91.4 Å². The minimum absolute atomic E-state index is 0.181. The molecule has 1 amide bonds. The van der Waals surface area contributed by atoms with Crippen LogP contribution in [0.25, 0.3) is 0 Å². The molecule has 0 saturated carbocycles. The SMILES string of the molecule is O=C(NCc1ccnc(N2CCCC2)c1)c1ccc(NS(=O)(=O)c2ccc(F)c(F)c2)cc1. The second-order valence-corrected chi connectivity index (χ2v) is 9.34. The first kappa shape index (κ1) is 22.7. The average molecular weight is 473 g/mol. The lowest BCUT2D eigenvalue weighted by Crippen LogP contribution is -2.23. The fourth-order valence-electron chi connectivity index (χ4n) is 3.52. The molecule has 3 aromatic rings. The van der Waals surface area contributed by atoms with Gasteiger partial charge in [-0.1, -0.05) is 0 Å². The molecular weight excluding hydrogens is 450 g/mol. The Morgan fingerprint density at radius 3 is 2.39 bits per heavy atom. The first-order valence-corrected chi connectivity index (χ1v) is 11.9. The van der Waals surface area contributed by atoms with Gasteiger partial charge in [-0.25, -0.2) is 22.2 Å². The first-order chi connectivity index (χ1) is 15.8. The largest absolute Gasteiger partial charge is 0.357 e. The molecule has 0 bridgehead atoms. The summed E-state index contributed by atoms with van der Waals surface area (Å²) in [6.45, 7) is 2.29. The summed E-state index contributed by atoms with van der Waals surface area (Å²) in [5, 5.41) is 2.84. The highest BCUT2D eigenvalue weighted by Crippen LogP contribution is 2.20. The van der Waals surface area contributed by atoms with Crippen LogP contribution >= 0.6 is 0 Å². The molecule has 1 aromatic heterocycles. The van der Waals surface area contributed by atoms with Gasteiger partial charge in [-0.05, 0) is 73.0 Å². The molecule has 0 atom stereocenters. The van der Waals surface area contributed by atoms with Gasteiger partial charge >= 0.3 is 0 Å². The van der Waals surface area contributed by atoms with Crippen LogP contribution in [0.3, 0.4) is 0 Å². The van der Waals surface area contributed by atoms with Gasteiger partial charge in [0.1, 0.15) is 5.82 Å². The van der Waals surface area contributed by atoms with Gasteiger partial charge < -0.3 is 10.2 Å². The van der Waals surface area contributed by atoms with E-state index >= 15 is 0 Å². The lowest BCUT2D eigenvalue weighted by molar-refractivity contribution is 0.0951. The second kappa shape index (κ2) is 9.53. The van der Waals surface area contributed by atoms with Gasteiger partial charge in [-0.2, -0.15) is 0 Å². The Morgan fingerprint density at radius 1 is 0.970 bits per heavy atom. The molecule has 1 aliphatic rings. The number of amides is 1. The summed E-state index contributed by atoms with van der Waals surface area (Å²) in [7, 11) is -4.11. The normalized spacial score (nSPS) is 13.7. The van der Waals surface area contributed by atoms with Crippen LogP contribution in [0.4, 0.5) is 20.3 Å². The molecule has 172 valence electrons. The van der Waals surface area contributed by atoms with E-state index in [1.165, 1.54) is 24.3 Å². The standard InChI is InChI=1S/C23H22F2N4O3S/c24-20-8-7-19(14-21(20)25)33(31,32)28-18-5-3-17(4-6-18)23(30)27-15-16-9-10-26-22(13-16)29-11-1-2-12-29/h3-10,13-14,28H,1-2,11-12,15H2,(H,27,30). The van der Waals surface area contributed by atoms with Crippen molar-refractivity contribution in [2.24, 2.45) is 0 Å². The number of hydrogen-bond donors (Lipinski definition) is 2. The van der Waals surface area contributed by atoms with Crippen molar-refractivity contribution in [3.8, 4) is 0 Å². The molecule has 2 N–H and O–H groups in total. The number of nitrogens with zero attached hydrogens (tertiary/aromatic N) is 2. The van der Waals surface area contributed by atoms with Crippen LogP contribution in [0.2, 0.25) is 0 Å². The highest BCUT2D eigenvalue weighted by atomic mass is 32.2. The molecular formula is C23H22F2N4O3S. The highest BCUT2D eigenvalue weighted by molar-refractivity contribution is 7.92. The molecule has 0 unspecified atom stereocenters. The lowest BCUT2D eigenvalue weighted by atomic mass is 10.2. The Hall–Kier alpha value is -3.53. The van der Waals surface area contributed by atoms with Gasteiger partial charge in [0.15, 0.2) is 11.6 Å². The zero-order valence-corrected chi connectivity index (χ0v) is 18.4. The number of rotatable bonds is 7. The summed E-state index contributed by atoms with van der Waals surface area (Å²) < 4.78 is 53.5. The van der Waals surface area contributed by atoms with E-state index in [2.05, 4.69) is 19.9 Å². The van der Waals surface area contributed by atoms with Gasteiger partial charge in [-0.3, -0.25) is 9.52 Å². The number of halogens is 2. The van der Waals surface area contributed by atoms with Crippen molar-refractivity contribution < 1.29 is 22.0 Å². The Kier molecular flexibility index (Phi) is 6.55. The van der Waals surface area contributed by atoms with Crippen molar-refractivity contribution in [3.63, 3.8) is 0 Å². The number of sulfonamides is 1. The van der Waals surface area contributed by atoms with Crippen molar-refractivity contribution in [1.82, 2.24) is 10.3 Å². The predicted octanol–water partition coefficient (Wildman–Crippen LogP) is 3.69. The van der Waals surface area contributed by atoms with Gasteiger partial charge in [0.25, 0.3) is 15.9 Å². The van der Waals surface area contributed by atoms with Gasteiger partial charge in [0, 0.05) is 37.1 Å². The van der Waals surface area contributed by atoms with Crippen LogP contribution in [0.15, 0.2) is 65.7 Å². The van der Waals surface area contributed by atoms with Crippen LogP contribution in [0, 0.1) is 11.6 Å². The quantitative estimate of drug-likeness (QED) is 0.547. The maximum absolute atomic E-state index is 13.4. The molecule has 0 radical (unpaired) electrons. The number of nitrogens with one attached hydrogen (secondary N) is 2. The Labute approximate surface area is 190 Å². The van der Waals surface area contributed by atoms with E-state index in [1.807, 2.05) is 12.1 Å². The summed E-state index contributed by atoms with van der Waals surface area (Å²) in [4.78, 5) is 18.7. The van der Waals surface area contributed by atoms with E-state index in [4.69, 9.17) is 0 Å². The molecule has 0 spiro atoms. The second-order valence-electron chi connectivity index (χ2n) is 7.66. The van der Waals surface area contributed by atoms with Crippen LogP contribution in [0.1, 0.15) is 28.8 Å². The van der Waals surface area contributed by atoms with Crippen molar-refractivity contribution in [2.75, 3.05) is 22.7 Å². The number of pyridine rings is 1. The summed E-state index contributed by atoms with van der Waals surface area (Å²) in [6, 6.07) is 11.9. The minimum Gasteiger partial charge on any atom is -0.357 e. The van der Waals surface area contributed by atoms with Crippen molar-refractivity contribution in [2.45, 2.75) is 24.3 Å². The maximum atomic E-state index is 13.4. The fraction of sp³-hybridized carbons (Fsp3) is 0.217. The van der Waals surface area contributed by atoms with Crippen LogP contribution in [-0.2, 0) is 16.6 Å². The maximum Gasteiger partial charge on any atom is 0.261 e. The fourth-order valence-corrected chi connectivity index (χ4v) is 4.59. The van der Waals surface area contributed by atoms with Crippen molar-refractivity contribution in [1.29, 1.82) is 0 Å². The van der Waals surface area contributed by atoms with E-state index in [0.717, 1.165) is 49.4 Å². The van der Waals surface area contributed by atoms with Gasteiger partial charge in [-0.15, -0.1) is 0 Å². The number of aromatic nitrogens is 1. The van der Waals surface area contributed by atoms with Gasteiger partial charge in [0.05, 0.1) is 4.90 Å². The van der Waals surface area contributed by atoms with E-state index in [0.29, 0.717) is 18.2 Å². The average Bonchev–Trinajstić information content (AvgIpc) is 3.35. The molecule has 7 nitrogen and oxygen atoms in total. The smallest absolute Gasteiger partial charge is 0.261 e. The number of benzene rings is 2. The highest BCUT2D eigenvalue weighted by Gasteiger charge is 2.17.